The smallest absolute Gasteiger partial charge is 0.416 e. The number of phenols is 1. The first-order valence-electron chi connectivity index (χ1n) is 5.21. The van der Waals surface area contributed by atoms with Crippen molar-refractivity contribution in [3.05, 3.63) is 23.8 Å². The van der Waals surface area contributed by atoms with Gasteiger partial charge in [-0.25, -0.2) is 0 Å². The molecule has 0 spiro atoms. The van der Waals surface area contributed by atoms with Crippen molar-refractivity contribution in [3.8, 4) is 5.75 Å². The number of anilines is 1. The van der Waals surface area contributed by atoms with Crippen LogP contribution < -0.4 is 4.90 Å². The lowest BCUT2D eigenvalue weighted by Crippen LogP contribution is -2.36. The van der Waals surface area contributed by atoms with E-state index in [1.54, 1.807) is 4.90 Å². The summed E-state index contributed by atoms with van der Waals surface area (Å²) in [5.41, 5.74) is -0.542. The predicted molar refractivity (Wildman–Crippen MR) is 56.1 cm³/mol. The first-order chi connectivity index (χ1) is 7.98. The van der Waals surface area contributed by atoms with Gasteiger partial charge < -0.3 is 14.7 Å². The van der Waals surface area contributed by atoms with Crippen molar-refractivity contribution in [2.45, 2.75) is 6.18 Å². The molecule has 0 radical (unpaired) electrons. The van der Waals surface area contributed by atoms with Crippen LogP contribution in [0.3, 0.4) is 0 Å². The van der Waals surface area contributed by atoms with E-state index in [9.17, 15) is 18.3 Å². The minimum Gasteiger partial charge on any atom is -0.506 e. The van der Waals surface area contributed by atoms with Crippen molar-refractivity contribution >= 4 is 5.69 Å². The molecule has 0 saturated carbocycles. The summed E-state index contributed by atoms with van der Waals surface area (Å²) in [5.74, 6) is -0.139. The Balaban J connectivity index is 2.31. The summed E-state index contributed by atoms with van der Waals surface area (Å²) in [6.45, 7) is 1.87. The average molecular weight is 247 g/mol. The van der Waals surface area contributed by atoms with E-state index in [1.165, 1.54) is 0 Å². The van der Waals surface area contributed by atoms with Gasteiger partial charge in [0, 0.05) is 13.1 Å². The van der Waals surface area contributed by atoms with Crippen molar-refractivity contribution < 1.29 is 23.0 Å². The van der Waals surface area contributed by atoms with E-state index in [2.05, 4.69) is 0 Å². The number of rotatable bonds is 1. The number of aromatic hydroxyl groups is 1. The topological polar surface area (TPSA) is 32.7 Å². The molecule has 94 valence electrons. The molecule has 0 aromatic heterocycles. The second kappa shape index (κ2) is 4.44. The van der Waals surface area contributed by atoms with Crippen LogP contribution in [0.2, 0.25) is 0 Å². The fraction of sp³-hybridized carbons (Fsp3) is 0.455. The van der Waals surface area contributed by atoms with Crippen LogP contribution in [0.4, 0.5) is 18.9 Å². The number of phenolic OH excluding ortho intramolecular Hbond substituents is 1. The average Bonchev–Trinajstić information content (AvgIpc) is 2.29. The molecule has 3 nitrogen and oxygen atoms in total. The van der Waals surface area contributed by atoms with Gasteiger partial charge in [-0.3, -0.25) is 0 Å². The third-order valence-electron chi connectivity index (χ3n) is 2.65. The van der Waals surface area contributed by atoms with Crippen molar-refractivity contribution in [1.29, 1.82) is 0 Å². The van der Waals surface area contributed by atoms with E-state index < -0.39 is 11.7 Å². The van der Waals surface area contributed by atoms with Crippen molar-refractivity contribution in [2.24, 2.45) is 0 Å². The molecule has 1 aliphatic rings. The molecule has 0 aliphatic carbocycles. The highest BCUT2D eigenvalue weighted by molar-refractivity contribution is 5.60. The Kier molecular flexibility index (Phi) is 3.15. The maximum Gasteiger partial charge on any atom is 0.416 e. The molecule has 0 unspecified atom stereocenters. The lowest BCUT2D eigenvalue weighted by molar-refractivity contribution is -0.137. The molecule has 1 saturated heterocycles. The maximum atomic E-state index is 12.5. The second-order valence-corrected chi connectivity index (χ2v) is 3.80. The minimum atomic E-state index is -4.39. The van der Waals surface area contributed by atoms with E-state index in [0.717, 1.165) is 18.2 Å². The number of morpholine rings is 1. The van der Waals surface area contributed by atoms with Crippen LogP contribution >= 0.6 is 0 Å². The van der Waals surface area contributed by atoms with E-state index in [-0.39, 0.29) is 11.4 Å². The third-order valence-corrected chi connectivity index (χ3v) is 2.65. The largest absolute Gasteiger partial charge is 0.506 e. The number of nitrogens with zero attached hydrogens (tertiary/aromatic N) is 1. The number of halogens is 3. The van der Waals surface area contributed by atoms with E-state index >= 15 is 0 Å². The Morgan fingerprint density at radius 1 is 1.18 bits per heavy atom. The normalized spacial score (nSPS) is 17.2. The summed E-state index contributed by atoms with van der Waals surface area (Å²) in [6.07, 6.45) is -4.39. The zero-order valence-corrected chi connectivity index (χ0v) is 9.00. The first kappa shape index (κ1) is 12.0. The molecule has 1 aliphatic heterocycles. The van der Waals surface area contributed by atoms with Crippen LogP contribution in [0.5, 0.6) is 5.75 Å². The molecule has 0 atom stereocenters. The van der Waals surface area contributed by atoms with Crippen LogP contribution in [0.1, 0.15) is 5.56 Å². The predicted octanol–water partition coefficient (Wildman–Crippen LogP) is 2.25. The molecule has 1 aromatic carbocycles. The fourth-order valence-electron chi connectivity index (χ4n) is 1.76. The SMILES string of the molecule is Oc1ccc(C(F)(F)F)cc1N1CCOCC1. The van der Waals surface area contributed by atoms with Gasteiger partial charge in [-0.15, -0.1) is 0 Å². The zero-order chi connectivity index (χ0) is 12.5. The molecular weight excluding hydrogens is 235 g/mol. The Hall–Kier alpha value is -1.43. The summed E-state index contributed by atoms with van der Waals surface area (Å²) in [4.78, 5) is 1.69. The summed E-state index contributed by atoms with van der Waals surface area (Å²) >= 11 is 0. The van der Waals surface area contributed by atoms with Crippen molar-refractivity contribution in [3.63, 3.8) is 0 Å². The summed E-state index contributed by atoms with van der Waals surface area (Å²) in [6, 6.07) is 2.92. The van der Waals surface area contributed by atoms with Crippen molar-refractivity contribution in [1.82, 2.24) is 0 Å². The molecule has 2 rings (SSSR count). The van der Waals surface area contributed by atoms with Crippen LogP contribution in [-0.4, -0.2) is 31.4 Å². The maximum absolute atomic E-state index is 12.5. The Bertz CT molecular complexity index is 400. The molecule has 6 heteroatoms. The number of hydrogen-bond donors (Lipinski definition) is 1. The quantitative estimate of drug-likeness (QED) is 0.826. The number of ether oxygens (including phenoxy) is 1. The molecule has 1 heterocycles. The summed E-state index contributed by atoms with van der Waals surface area (Å²) in [5, 5.41) is 9.60. The molecule has 0 bridgehead atoms. The van der Waals surface area contributed by atoms with E-state index in [1.807, 2.05) is 0 Å². The van der Waals surface area contributed by atoms with Gasteiger partial charge >= 0.3 is 6.18 Å². The Morgan fingerprint density at radius 3 is 2.41 bits per heavy atom. The molecule has 1 aromatic rings. The van der Waals surface area contributed by atoms with Gasteiger partial charge in [0.15, 0.2) is 0 Å². The number of benzene rings is 1. The van der Waals surface area contributed by atoms with Gasteiger partial charge in [-0.05, 0) is 18.2 Å². The van der Waals surface area contributed by atoms with Gasteiger partial charge in [0.05, 0.1) is 24.5 Å². The van der Waals surface area contributed by atoms with Gasteiger partial charge in [-0.1, -0.05) is 0 Å². The van der Waals surface area contributed by atoms with Crippen LogP contribution in [-0.2, 0) is 10.9 Å². The van der Waals surface area contributed by atoms with Gasteiger partial charge in [0.2, 0.25) is 0 Å². The molecule has 17 heavy (non-hydrogen) atoms. The van der Waals surface area contributed by atoms with Gasteiger partial charge in [-0.2, -0.15) is 13.2 Å². The summed E-state index contributed by atoms with van der Waals surface area (Å²) < 4.78 is 42.7. The van der Waals surface area contributed by atoms with Gasteiger partial charge in [0.25, 0.3) is 0 Å². The van der Waals surface area contributed by atoms with E-state index in [0.29, 0.717) is 26.3 Å². The zero-order valence-electron chi connectivity index (χ0n) is 9.00. The highest BCUT2D eigenvalue weighted by Crippen LogP contribution is 2.36. The van der Waals surface area contributed by atoms with Crippen molar-refractivity contribution in [2.75, 3.05) is 31.2 Å². The number of alkyl halides is 3. The van der Waals surface area contributed by atoms with Gasteiger partial charge in [0.1, 0.15) is 5.75 Å². The lowest BCUT2D eigenvalue weighted by atomic mass is 10.1. The highest BCUT2D eigenvalue weighted by atomic mass is 19.4. The summed E-state index contributed by atoms with van der Waals surface area (Å²) in [7, 11) is 0. The monoisotopic (exact) mass is 247 g/mol. The minimum absolute atomic E-state index is 0.139. The standard InChI is InChI=1S/C11H12F3NO2/c12-11(13,14)8-1-2-10(16)9(7-8)15-3-5-17-6-4-15/h1-2,7,16H,3-6H2. The molecule has 1 fully saturated rings. The highest BCUT2D eigenvalue weighted by Gasteiger charge is 2.31. The first-order valence-corrected chi connectivity index (χ1v) is 5.21. The third kappa shape index (κ3) is 2.63. The van der Waals surface area contributed by atoms with Crippen LogP contribution in [0, 0.1) is 0 Å². The fourth-order valence-corrected chi connectivity index (χ4v) is 1.76. The molecule has 1 N–H and O–H groups in total. The lowest BCUT2D eigenvalue weighted by Gasteiger charge is -2.29. The van der Waals surface area contributed by atoms with E-state index in [4.69, 9.17) is 4.74 Å². The number of hydrogen-bond acceptors (Lipinski definition) is 3. The molecular formula is C11H12F3NO2. The Morgan fingerprint density at radius 2 is 1.82 bits per heavy atom. The Labute approximate surface area is 96.4 Å². The molecule has 0 amide bonds. The van der Waals surface area contributed by atoms with Crippen LogP contribution in [0.25, 0.3) is 0 Å². The second-order valence-electron chi connectivity index (χ2n) is 3.80. The van der Waals surface area contributed by atoms with Crippen LogP contribution in [0.15, 0.2) is 18.2 Å².